The van der Waals surface area contributed by atoms with E-state index in [1.165, 1.54) is 0 Å². The van der Waals surface area contributed by atoms with Crippen molar-refractivity contribution in [2.45, 2.75) is 38.9 Å². The molecule has 1 aromatic rings. The second-order valence-electron chi connectivity index (χ2n) is 5.80. The van der Waals surface area contributed by atoms with Crippen molar-refractivity contribution in [2.75, 3.05) is 5.73 Å². The molecule has 0 bridgehead atoms. The molecule has 5 nitrogen and oxygen atoms in total. The van der Waals surface area contributed by atoms with Crippen LogP contribution in [0.4, 0.5) is 5.82 Å². The molecule has 1 saturated heterocycles. The Labute approximate surface area is 119 Å². The molecular weight excluding hydrogens is 253 g/mol. The molecule has 104 valence electrons. The molecule has 20 heavy (non-hydrogen) atoms. The molecule has 0 atom stereocenters. The van der Waals surface area contributed by atoms with Crippen molar-refractivity contribution in [3.63, 3.8) is 0 Å². The first-order valence-corrected chi connectivity index (χ1v) is 6.45. The lowest BCUT2D eigenvalue weighted by atomic mass is 9.89. The molecule has 1 fully saturated rings. The van der Waals surface area contributed by atoms with Crippen LogP contribution in [0.25, 0.3) is 6.08 Å². The van der Waals surface area contributed by atoms with E-state index in [1.807, 2.05) is 45.8 Å². The van der Waals surface area contributed by atoms with E-state index >= 15 is 0 Å². The molecule has 0 radical (unpaired) electrons. The highest BCUT2D eigenvalue weighted by Gasteiger charge is 2.49. The minimum Gasteiger partial charge on any atom is -0.400 e. The molecule has 2 rings (SSSR count). The van der Waals surface area contributed by atoms with Crippen LogP contribution in [0, 0.1) is 11.3 Å². The van der Waals surface area contributed by atoms with Gasteiger partial charge in [0.1, 0.15) is 11.9 Å². The molecule has 1 aromatic heterocycles. The van der Waals surface area contributed by atoms with Crippen LogP contribution in [-0.4, -0.2) is 23.3 Å². The molecule has 2 heterocycles. The van der Waals surface area contributed by atoms with Gasteiger partial charge in [0.05, 0.1) is 16.8 Å². The van der Waals surface area contributed by atoms with Crippen LogP contribution in [-0.2, 0) is 9.31 Å². The normalized spacial score (nSPS) is 20.2. The average Bonchev–Trinajstić information content (AvgIpc) is 2.57. The fourth-order valence-electron chi connectivity index (χ4n) is 1.83. The number of nitrogens with zero attached hydrogens (tertiary/aromatic N) is 2. The number of pyridine rings is 1. The van der Waals surface area contributed by atoms with Gasteiger partial charge in [-0.3, -0.25) is 0 Å². The Hall–Kier alpha value is -1.84. The lowest BCUT2D eigenvalue weighted by Gasteiger charge is -2.32. The van der Waals surface area contributed by atoms with Gasteiger partial charge in [0.15, 0.2) is 0 Å². The minimum atomic E-state index is -0.414. The third-order valence-corrected chi connectivity index (χ3v) is 3.78. The van der Waals surface area contributed by atoms with Crippen LogP contribution in [0.1, 0.15) is 38.8 Å². The molecule has 0 saturated carbocycles. The van der Waals surface area contributed by atoms with Crippen molar-refractivity contribution in [2.24, 2.45) is 0 Å². The van der Waals surface area contributed by atoms with Gasteiger partial charge in [-0.15, -0.1) is 0 Å². The molecule has 6 heteroatoms. The highest BCUT2D eigenvalue weighted by molar-refractivity contribution is 6.52. The van der Waals surface area contributed by atoms with Gasteiger partial charge in [-0.2, -0.15) is 5.26 Å². The zero-order chi connectivity index (χ0) is 15.0. The minimum absolute atomic E-state index is 0.236. The van der Waals surface area contributed by atoms with E-state index in [2.05, 4.69) is 4.98 Å². The molecule has 0 unspecified atom stereocenters. The molecule has 2 N–H and O–H groups in total. The Balaban J connectivity index is 2.14. The Kier molecular flexibility index (Phi) is 3.59. The summed E-state index contributed by atoms with van der Waals surface area (Å²) < 4.78 is 11.7. The van der Waals surface area contributed by atoms with Crippen LogP contribution >= 0.6 is 0 Å². The van der Waals surface area contributed by atoms with Crippen molar-refractivity contribution in [1.29, 1.82) is 5.26 Å². The topological polar surface area (TPSA) is 81.2 Å². The summed E-state index contributed by atoms with van der Waals surface area (Å²) in [6, 6.07) is 3.69. The number of hydrogen-bond acceptors (Lipinski definition) is 5. The summed E-state index contributed by atoms with van der Waals surface area (Å²) >= 11 is 0. The number of rotatable bonds is 2. The molecule has 0 aromatic carbocycles. The summed E-state index contributed by atoms with van der Waals surface area (Å²) in [6.07, 6.45) is 3.42. The third kappa shape index (κ3) is 2.69. The first-order chi connectivity index (χ1) is 9.25. The zero-order valence-corrected chi connectivity index (χ0v) is 12.2. The highest BCUT2D eigenvalue weighted by Crippen LogP contribution is 2.37. The van der Waals surface area contributed by atoms with Gasteiger partial charge in [-0.05, 0) is 39.3 Å². The van der Waals surface area contributed by atoms with Gasteiger partial charge < -0.3 is 15.0 Å². The predicted molar refractivity (Wildman–Crippen MR) is 78.5 cm³/mol. The summed E-state index contributed by atoms with van der Waals surface area (Å²) in [4.78, 5) is 3.97. The van der Waals surface area contributed by atoms with Gasteiger partial charge >= 0.3 is 7.12 Å². The fraction of sp³-hybridized carbons (Fsp3) is 0.429. The number of anilines is 1. The summed E-state index contributed by atoms with van der Waals surface area (Å²) in [5, 5.41) is 8.92. The van der Waals surface area contributed by atoms with Gasteiger partial charge in [-0.25, -0.2) is 4.98 Å². The maximum Gasteiger partial charge on any atom is 0.487 e. The van der Waals surface area contributed by atoms with E-state index in [9.17, 15) is 0 Å². The largest absolute Gasteiger partial charge is 0.487 e. The van der Waals surface area contributed by atoms with E-state index in [-0.39, 0.29) is 17.0 Å². The summed E-state index contributed by atoms with van der Waals surface area (Å²) in [7, 11) is -0.414. The molecule has 1 aliphatic heterocycles. The van der Waals surface area contributed by atoms with Crippen molar-refractivity contribution >= 4 is 19.0 Å². The monoisotopic (exact) mass is 271 g/mol. The Bertz CT molecular complexity index is 575. The summed E-state index contributed by atoms with van der Waals surface area (Å²) in [6.45, 7) is 8.00. The van der Waals surface area contributed by atoms with E-state index in [0.29, 0.717) is 5.56 Å². The van der Waals surface area contributed by atoms with Crippen LogP contribution in [0.3, 0.4) is 0 Å². The van der Waals surface area contributed by atoms with Crippen molar-refractivity contribution in [3.8, 4) is 6.07 Å². The summed E-state index contributed by atoms with van der Waals surface area (Å²) in [5.74, 6) is 2.05. The Morgan fingerprint density at radius 1 is 1.30 bits per heavy atom. The van der Waals surface area contributed by atoms with E-state index < -0.39 is 7.12 Å². The van der Waals surface area contributed by atoms with E-state index in [0.717, 1.165) is 5.56 Å². The lowest BCUT2D eigenvalue weighted by molar-refractivity contribution is 0.00578. The molecular formula is C14H18BN3O2. The smallest absolute Gasteiger partial charge is 0.400 e. The van der Waals surface area contributed by atoms with Crippen LogP contribution in [0.5, 0.6) is 0 Å². The van der Waals surface area contributed by atoms with Crippen molar-refractivity contribution in [3.05, 3.63) is 29.4 Å². The van der Waals surface area contributed by atoms with E-state index in [4.69, 9.17) is 20.3 Å². The number of aromatic nitrogens is 1. The van der Waals surface area contributed by atoms with Gasteiger partial charge in [0.2, 0.25) is 0 Å². The third-order valence-electron chi connectivity index (χ3n) is 3.78. The number of nitrogen functional groups attached to an aromatic ring is 1. The lowest BCUT2D eigenvalue weighted by Crippen LogP contribution is -2.41. The molecule has 0 spiro atoms. The predicted octanol–water partition coefficient (Wildman–Crippen LogP) is 2.18. The van der Waals surface area contributed by atoms with Crippen molar-refractivity contribution < 1.29 is 9.31 Å². The quantitative estimate of drug-likeness (QED) is 0.834. The molecule has 0 aliphatic carbocycles. The maximum absolute atomic E-state index is 8.92. The van der Waals surface area contributed by atoms with Crippen molar-refractivity contribution in [1.82, 2.24) is 4.98 Å². The van der Waals surface area contributed by atoms with Crippen LogP contribution < -0.4 is 5.73 Å². The number of nitrogens with two attached hydrogens (primary N) is 1. The van der Waals surface area contributed by atoms with E-state index in [1.54, 1.807) is 12.3 Å². The van der Waals surface area contributed by atoms with Gasteiger partial charge in [0.25, 0.3) is 0 Å². The second kappa shape index (κ2) is 4.93. The summed E-state index contributed by atoms with van der Waals surface area (Å²) in [5.41, 5.74) is 6.00. The SMILES string of the molecule is CC1(C)OB(/C=C/c2cnc(N)c(C#N)c2)OC1(C)C. The first kappa shape index (κ1) is 14.6. The maximum atomic E-state index is 8.92. The number of hydrogen-bond donors (Lipinski definition) is 1. The van der Waals surface area contributed by atoms with Crippen LogP contribution in [0.2, 0.25) is 0 Å². The molecule has 0 amide bonds. The highest BCUT2D eigenvalue weighted by atomic mass is 16.7. The first-order valence-electron chi connectivity index (χ1n) is 6.45. The fourth-order valence-corrected chi connectivity index (χ4v) is 1.83. The zero-order valence-electron chi connectivity index (χ0n) is 12.2. The van der Waals surface area contributed by atoms with Gasteiger partial charge in [-0.1, -0.05) is 12.1 Å². The second-order valence-corrected chi connectivity index (χ2v) is 5.80. The number of nitriles is 1. The standard InChI is InChI=1S/C14H18BN3O2/c1-13(2)14(3,4)20-15(19-13)6-5-10-7-11(8-16)12(17)18-9-10/h5-7,9H,1-4H3,(H2,17,18)/b6-5+. The van der Waals surface area contributed by atoms with Gasteiger partial charge in [0, 0.05) is 6.20 Å². The van der Waals surface area contributed by atoms with Crippen LogP contribution in [0.15, 0.2) is 18.2 Å². The Morgan fingerprint density at radius 2 is 1.90 bits per heavy atom. The Morgan fingerprint density at radius 3 is 2.45 bits per heavy atom. The average molecular weight is 271 g/mol. The molecule has 1 aliphatic rings.